The van der Waals surface area contributed by atoms with Gasteiger partial charge >= 0.3 is 0 Å². The number of morpholine rings is 1. The van der Waals surface area contributed by atoms with Crippen LogP contribution < -0.4 is 15.8 Å². The number of hydrogen-bond acceptors (Lipinski definition) is 5. The fourth-order valence-electron chi connectivity index (χ4n) is 1.84. The lowest BCUT2D eigenvalue weighted by molar-refractivity contribution is -0.0477. The molecule has 2 atom stereocenters. The SMILES string of the molecule is CC1CNCC(COc2ncccc2C(N)=O)O1. The maximum absolute atomic E-state index is 11.2. The normalized spacial score (nSPS) is 23.6. The molecule has 6 heteroatoms. The quantitative estimate of drug-likeness (QED) is 0.782. The molecule has 2 rings (SSSR count). The number of rotatable bonds is 4. The topological polar surface area (TPSA) is 86.5 Å². The molecule has 1 aliphatic heterocycles. The van der Waals surface area contributed by atoms with Crippen LogP contribution in [0.5, 0.6) is 5.88 Å². The van der Waals surface area contributed by atoms with E-state index in [-0.39, 0.29) is 23.7 Å². The zero-order valence-electron chi connectivity index (χ0n) is 10.3. The van der Waals surface area contributed by atoms with Gasteiger partial charge in [0.25, 0.3) is 5.91 Å². The van der Waals surface area contributed by atoms with Crippen molar-refractivity contribution in [1.29, 1.82) is 0 Å². The summed E-state index contributed by atoms with van der Waals surface area (Å²) < 4.78 is 11.2. The average molecular weight is 251 g/mol. The van der Waals surface area contributed by atoms with Crippen molar-refractivity contribution in [3.63, 3.8) is 0 Å². The largest absolute Gasteiger partial charge is 0.474 e. The summed E-state index contributed by atoms with van der Waals surface area (Å²) in [5.74, 6) is -0.291. The van der Waals surface area contributed by atoms with Crippen molar-refractivity contribution in [2.45, 2.75) is 19.1 Å². The van der Waals surface area contributed by atoms with Crippen LogP contribution in [-0.4, -0.2) is 42.8 Å². The third-order valence-corrected chi connectivity index (χ3v) is 2.67. The van der Waals surface area contributed by atoms with E-state index in [2.05, 4.69) is 10.3 Å². The fourth-order valence-corrected chi connectivity index (χ4v) is 1.84. The first-order valence-electron chi connectivity index (χ1n) is 5.90. The number of pyridine rings is 1. The van der Waals surface area contributed by atoms with Crippen molar-refractivity contribution < 1.29 is 14.3 Å². The number of hydrogen-bond donors (Lipinski definition) is 2. The summed E-state index contributed by atoms with van der Waals surface area (Å²) in [6.45, 7) is 3.90. The molecule has 3 N–H and O–H groups in total. The molecule has 1 aliphatic rings. The van der Waals surface area contributed by atoms with E-state index < -0.39 is 5.91 Å². The number of nitrogens with one attached hydrogen (secondary N) is 1. The number of aromatic nitrogens is 1. The molecule has 98 valence electrons. The highest BCUT2D eigenvalue weighted by Crippen LogP contribution is 2.14. The maximum Gasteiger partial charge on any atom is 0.254 e. The Labute approximate surface area is 105 Å². The third kappa shape index (κ3) is 3.18. The number of carbonyl (C=O) groups is 1. The van der Waals surface area contributed by atoms with Gasteiger partial charge in [-0.1, -0.05) is 0 Å². The van der Waals surface area contributed by atoms with Gasteiger partial charge in [0.1, 0.15) is 18.3 Å². The summed E-state index contributed by atoms with van der Waals surface area (Å²) in [6, 6.07) is 3.24. The molecule has 0 aliphatic carbocycles. The molecule has 6 nitrogen and oxygen atoms in total. The molecule has 0 spiro atoms. The van der Waals surface area contributed by atoms with Crippen LogP contribution in [0.3, 0.4) is 0 Å². The maximum atomic E-state index is 11.2. The molecule has 2 unspecified atom stereocenters. The van der Waals surface area contributed by atoms with Crippen LogP contribution in [0, 0.1) is 0 Å². The van der Waals surface area contributed by atoms with Crippen molar-refractivity contribution in [2.75, 3.05) is 19.7 Å². The molecule has 18 heavy (non-hydrogen) atoms. The predicted octanol–water partition coefficient (Wildman–Crippen LogP) is -0.0638. The van der Waals surface area contributed by atoms with E-state index in [1.807, 2.05) is 6.92 Å². The Kier molecular flexibility index (Phi) is 4.11. The van der Waals surface area contributed by atoms with Crippen molar-refractivity contribution in [3.05, 3.63) is 23.9 Å². The van der Waals surface area contributed by atoms with Gasteiger partial charge in [-0.3, -0.25) is 4.79 Å². The van der Waals surface area contributed by atoms with Gasteiger partial charge in [0.15, 0.2) is 0 Å². The second-order valence-corrected chi connectivity index (χ2v) is 4.26. The number of nitrogens with zero attached hydrogens (tertiary/aromatic N) is 1. The van der Waals surface area contributed by atoms with Gasteiger partial charge in [-0.25, -0.2) is 4.98 Å². The number of ether oxygens (including phenoxy) is 2. The first-order chi connectivity index (χ1) is 8.66. The van der Waals surface area contributed by atoms with Crippen molar-refractivity contribution in [2.24, 2.45) is 5.73 Å². The Morgan fingerprint density at radius 2 is 2.50 bits per heavy atom. The molecule has 1 saturated heterocycles. The van der Waals surface area contributed by atoms with E-state index in [1.165, 1.54) is 0 Å². The monoisotopic (exact) mass is 251 g/mol. The summed E-state index contributed by atoms with van der Waals surface area (Å²) in [7, 11) is 0. The highest BCUT2D eigenvalue weighted by Gasteiger charge is 2.20. The molecular formula is C12H17N3O3. The summed E-state index contributed by atoms with van der Waals surface area (Å²) in [5, 5.41) is 3.24. The van der Waals surface area contributed by atoms with Crippen molar-refractivity contribution in [3.8, 4) is 5.88 Å². The molecule has 0 aromatic carbocycles. The fraction of sp³-hybridized carbons (Fsp3) is 0.500. The second kappa shape index (κ2) is 5.79. The van der Waals surface area contributed by atoms with Crippen LogP contribution >= 0.6 is 0 Å². The summed E-state index contributed by atoms with van der Waals surface area (Å²) in [6.07, 6.45) is 1.67. The van der Waals surface area contributed by atoms with E-state index in [0.717, 1.165) is 13.1 Å². The summed E-state index contributed by atoms with van der Waals surface area (Å²) in [5.41, 5.74) is 5.53. The molecule has 1 aromatic heterocycles. The number of nitrogens with two attached hydrogens (primary N) is 1. The van der Waals surface area contributed by atoms with Gasteiger partial charge in [0.2, 0.25) is 5.88 Å². The number of amides is 1. The first-order valence-corrected chi connectivity index (χ1v) is 5.90. The standard InChI is InChI=1S/C12H17N3O3/c1-8-5-14-6-9(18-8)7-17-12-10(11(13)16)3-2-4-15-12/h2-4,8-9,14H,5-7H2,1H3,(H2,13,16). The molecule has 0 saturated carbocycles. The minimum absolute atomic E-state index is 0.0449. The van der Waals surface area contributed by atoms with Gasteiger partial charge in [0.05, 0.1) is 6.10 Å². The van der Waals surface area contributed by atoms with Crippen molar-refractivity contribution in [1.82, 2.24) is 10.3 Å². The van der Waals surface area contributed by atoms with Crippen molar-refractivity contribution >= 4 is 5.91 Å². The van der Waals surface area contributed by atoms with Gasteiger partial charge in [-0.05, 0) is 19.1 Å². The lowest BCUT2D eigenvalue weighted by atomic mass is 10.2. The highest BCUT2D eigenvalue weighted by molar-refractivity contribution is 5.94. The van der Waals surface area contributed by atoms with E-state index in [1.54, 1.807) is 18.3 Å². The second-order valence-electron chi connectivity index (χ2n) is 4.26. The Morgan fingerprint density at radius 1 is 1.67 bits per heavy atom. The minimum Gasteiger partial charge on any atom is -0.474 e. The molecule has 1 amide bonds. The molecule has 0 radical (unpaired) electrons. The van der Waals surface area contributed by atoms with Gasteiger partial charge < -0.3 is 20.5 Å². The van der Waals surface area contributed by atoms with E-state index in [0.29, 0.717) is 6.61 Å². The Hall–Kier alpha value is -1.66. The Bertz CT molecular complexity index is 425. The predicted molar refractivity (Wildman–Crippen MR) is 65.5 cm³/mol. The van der Waals surface area contributed by atoms with Gasteiger partial charge in [-0.15, -0.1) is 0 Å². The zero-order valence-corrected chi connectivity index (χ0v) is 10.3. The Morgan fingerprint density at radius 3 is 3.22 bits per heavy atom. The van der Waals surface area contributed by atoms with Crippen LogP contribution in [0.25, 0.3) is 0 Å². The van der Waals surface area contributed by atoms with Crippen LogP contribution in [0.2, 0.25) is 0 Å². The van der Waals surface area contributed by atoms with Crippen LogP contribution in [-0.2, 0) is 4.74 Å². The van der Waals surface area contributed by atoms with Crippen LogP contribution in [0.4, 0.5) is 0 Å². The summed E-state index contributed by atoms with van der Waals surface area (Å²) >= 11 is 0. The highest BCUT2D eigenvalue weighted by atomic mass is 16.5. The number of carbonyl (C=O) groups excluding carboxylic acids is 1. The third-order valence-electron chi connectivity index (χ3n) is 2.67. The number of primary amides is 1. The molecule has 0 bridgehead atoms. The van der Waals surface area contributed by atoms with Crippen LogP contribution in [0.1, 0.15) is 17.3 Å². The lowest BCUT2D eigenvalue weighted by Gasteiger charge is -2.28. The Balaban J connectivity index is 1.95. The molecule has 1 fully saturated rings. The smallest absolute Gasteiger partial charge is 0.254 e. The molecule has 2 heterocycles. The summed E-state index contributed by atoms with van der Waals surface area (Å²) in [4.78, 5) is 15.2. The van der Waals surface area contributed by atoms with Crippen LogP contribution in [0.15, 0.2) is 18.3 Å². The average Bonchev–Trinajstić information content (AvgIpc) is 2.37. The van der Waals surface area contributed by atoms with Gasteiger partial charge in [0, 0.05) is 19.3 Å². The first kappa shape index (κ1) is 12.8. The minimum atomic E-state index is -0.547. The molecule has 1 aromatic rings. The molecular weight excluding hydrogens is 234 g/mol. The zero-order chi connectivity index (χ0) is 13.0. The van der Waals surface area contributed by atoms with E-state index in [9.17, 15) is 4.79 Å². The lowest BCUT2D eigenvalue weighted by Crippen LogP contribution is -2.46. The van der Waals surface area contributed by atoms with Gasteiger partial charge in [-0.2, -0.15) is 0 Å². The van der Waals surface area contributed by atoms with E-state index >= 15 is 0 Å². The van der Waals surface area contributed by atoms with E-state index in [4.69, 9.17) is 15.2 Å².